The fraction of sp³-hybridized carbons (Fsp3) is 0.409. The van der Waals surface area contributed by atoms with Gasteiger partial charge in [0.05, 0.1) is 27.3 Å². The molecule has 5 amide bonds. The molecule has 0 aromatic heterocycles. The van der Waals surface area contributed by atoms with Crippen molar-refractivity contribution in [1.29, 1.82) is 5.26 Å². The van der Waals surface area contributed by atoms with Gasteiger partial charge in [-0.05, 0) is 54.4 Å². The third kappa shape index (κ3) is 5.85. The summed E-state index contributed by atoms with van der Waals surface area (Å²) in [7, 11) is 0. The van der Waals surface area contributed by atoms with Crippen molar-refractivity contribution in [1.82, 2.24) is 20.0 Å². The minimum absolute atomic E-state index is 0.0674. The molecule has 58 heavy (non-hydrogen) atoms. The molecule has 1 atom stereocenters. The standard InChI is InChI=1S/C44H40ClFN6O6/c1-43(2)41(44(3,4)42(43)58-29-9-7-25(17-47)32(45)16-29)51-20-26-13-23(14-33(46)36(26)40(51)57)5-6-24-18-49(19-24)28-21-50(22-28)27-8-10-30-31(15-27)39(56)52(38(30)55)34-11-12-35(53)48-37(34)54/h7-10,13-16,24,28,34,41-42H,11-12,18-22H2,1-4H3,(H,48,53,54). The predicted molar refractivity (Wildman–Crippen MR) is 209 cm³/mol. The molecular weight excluding hydrogens is 763 g/mol. The second-order valence-electron chi connectivity index (χ2n) is 17.4. The van der Waals surface area contributed by atoms with Crippen LogP contribution in [0.25, 0.3) is 0 Å². The van der Waals surface area contributed by atoms with Crippen LogP contribution in [0.3, 0.4) is 0 Å². The molecule has 5 heterocycles. The van der Waals surface area contributed by atoms with E-state index in [2.05, 4.69) is 33.0 Å². The van der Waals surface area contributed by atoms with Crippen LogP contribution in [-0.2, 0) is 16.1 Å². The molecule has 1 unspecified atom stereocenters. The number of hydrogen-bond acceptors (Lipinski definition) is 9. The summed E-state index contributed by atoms with van der Waals surface area (Å²) in [5, 5.41) is 11.8. The molecule has 9 rings (SSSR count). The number of carbonyl (C=O) groups excluding carboxylic acids is 5. The summed E-state index contributed by atoms with van der Waals surface area (Å²) in [6, 6.07) is 14.4. The van der Waals surface area contributed by atoms with Gasteiger partial charge in [0.15, 0.2) is 0 Å². The van der Waals surface area contributed by atoms with Crippen LogP contribution >= 0.6 is 11.6 Å². The molecule has 6 aliphatic rings. The van der Waals surface area contributed by atoms with E-state index < -0.39 is 46.3 Å². The van der Waals surface area contributed by atoms with Gasteiger partial charge in [-0.3, -0.25) is 39.1 Å². The maximum atomic E-state index is 15.6. The minimum Gasteiger partial charge on any atom is -0.489 e. The van der Waals surface area contributed by atoms with E-state index in [1.54, 1.807) is 35.2 Å². The van der Waals surface area contributed by atoms with Gasteiger partial charge in [-0.25, -0.2) is 4.39 Å². The largest absolute Gasteiger partial charge is 0.489 e. The van der Waals surface area contributed by atoms with Crippen molar-refractivity contribution in [3.8, 4) is 23.7 Å². The third-order valence-electron chi connectivity index (χ3n) is 12.9. The number of imide groups is 2. The van der Waals surface area contributed by atoms with Gasteiger partial charge in [0.2, 0.25) is 11.8 Å². The molecule has 3 aromatic rings. The van der Waals surface area contributed by atoms with Gasteiger partial charge in [0.1, 0.15) is 29.8 Å². The number of fused-ring (bicyclic) bond motifs is 2. The second kappa shape index (κ2) is 13.4. The lowest BCUT2D eigenvalue weighted by molar-refractivity contribution is -0.199. The number of halogens is 2. The first-order valence-corrected chi connectivity index (χ1v) is 19.8. The van der Waals surface area contributed by atoms with Crippen LogP contribution < -0.4 is 15.0 Å². The van der Waals surface area contributed by atoms with E-state index >= 15 is 4.39 Å². The number of anilines is 1. The summed E-state index contributed by atoms with van der Waals surface area (Å²) in [6.07, 6.45) is -0.103. The number of piperidine rings is 1. The lowest BCUT2D eigenvalue weighted by atomic mass is 9.49. The Morgan fingerprint density at radius 2 is 1.62 bits per heavy atom. The molecule has 0 radical (unpaired) electrons. The van der Waals surface area contributed by atoms with Crippen LogP contribution in [0, 0.1) is 45.7 Å². The third-order valence-corrected chi connectivity index (χ3v) is 13.2. The van der Waals surface area contributed by atoms with Crippen LogP contribution in [0.2, 0.25) is 5.02 Å². The van der Waals surface area contributed by atoms with Gasteiger partial charge in [-0.15, -0.1) is 0 Å². The van der Waals surface area contributed by atoms with Crippen LogP contribution in [-0.4, -0.2) is 94.6 Å². The van der Waals surface area contributed by atoms with Crippen molar-refractivity contribution in [3.63, 3.8) is 0 Å². The summed E-state index contributed by atoms with van der Waals surface area (Å²) in [6.45, 7) is 11.5. The molecule has 1 aliphatic carbocycles. The number of hydrogen-bond donors (Lipinski definition) is 1. The number of likely N-dealkylation sites (tertiary alicyclic amines) is 1. The van der Waals surface area contributed by atoms with Crippen LogP contribution in [0.15, 0.2) is 48.5 Å². The van der Waals surface area contributed by atoms with Gasteiger partial charge >= 0.3 is 0 Å². The minimum atomic E-state index is -1.00. The van der Waals surface area contributed by atoms with E-state index in [4.69, 9.17) is 16.3 Å². The van der Waals surface area contributed by atoms with Gasteiger partial charge < -0.3 is 14.5 Å². The zero-order valence-electron chi connectivity index (χ0n) is 32.4. The molecule has 4 fully saturated rings. The first kappa shape index (κ1) is 37.8. The number of rotatable bonds is 6. The highest BCUT2D eigenvalue weighted by Gasteiger charge is 2.67. The number of benzene rings is 3. The second-order valence-corrected chi connectivity index (χ2v) is 17.8. The van der Waals surface area contributed by atoms with E-state index in [1.807, 2.05) is 39.8 Å². The molecular formula is C44H40ClFN6O6. The SMILES string of the molecule is CC1(C)C(Oc2ccc(C#N)c(Cl)c2)C(C)(C)C1N1Cc2cc(C#CC3CN(C4CN(c5ccc6c(c5)C(=O)N(C5CCC(=O)NC5=O)C6=O)C4)C3)cc(F)c2C1=O. The number of carbonyl (C=O) groups is 5. The van der Waals surface area contributed by atoms with Crippen molar-refractivity contribution >= 4 is 46.8 Å². The van der Waals surface area contributed by atoms with E-state index in [0.29, 0.717) is 33.5 Å². The molecule has 0 bridgehead atoms. The summed E-state index contributed by atoms with van der Waals surface area (Å²) < 4.78 is 22.0. The summed E-state index contributed by atoms with van der Waals surface area (Å²) in [5.74, 6) is 4.11. The van der Waals surface area contributed by atoms with Gasteiger partial charge in [-0.1, -0.05) is 51.1 Å². The Labute approximate surface area is 339 Å². The maximum absolute atomic E-state index is 15.6. The van der Waals surface area contributed by atoms with Gasteiger partial charge in [-0.2, -0.15) is 5.26 Å². The molecule has 12 nitrogen and oxygen atoms in total. The van der Waals surface area contributed by atoms with Crippen LogP contribution in [0.4, 0.5) is 10.1 Å². The van der Waals surface area contributed by atoms with Crippen molar-refractivity contribution in [2.45, 2.75) is 71.3 Å². The van der Waals surface area contributed by atoms with Crippen LogP contribution in [0.1, 0.15) is 88.3 Å². The molecule has 0 spiro atoms. The summed E-state index contributed by atoms with van der Waals surface area (Å²) in [5.41, 5.74) is 1.99. The van der Waals surface area contributed by atoms with Gasteiger partial charge in [0, 0.05) is 85.3 Å². The first-order valence-electron chi connectivity index (χ1n) is 19.4. The highest BCUT2D eigenvalue weighted by atomic mass is 35.5. The maximum Gasteiger partial charge on any atom is 0.262 e. The number of nitrogens with one attached hydrogen (secondary N) is 1. The highest BCUT2D eigenvalue weighted by Crippen LogP contribution is 2.59. The molecule has 296 valence electrons. The summed E-state index contributed by atoms with van der Waals surface area (Å²) >= 11 is 6.26. The van der Waals surface area contributed by atoms with Crippen molar-refractivity contribution in [2.24, 2.45) is 16.7 Å². The Morgan fingerprint density at radius 3 is 2.31 bits per heavy atom. The Bertz CT molecular complexity index is 2460. The molecule has 3 aromatic carbocycles. The monoisotopic (exact) mass is 802 g/mol. The van der Waals surface area contributed by atoms with Crippen molar-refractivity contribution < 1.29 is 33.1 Å². The van der Waals surface area contributed by atoms with Crippen molar-refractivity contribution in [2.75, 3.05) is 31.1 Å². The average Bonchev–Trinajstić information content (AvgIpc) is 3.58. The number of ether oxygens (including phenoxy) is 1. The zero-order chi connectivity index (χ0) is 41.0. The molecule has 14 heteroatoms. The molecule has 5 aliphatic heterocycles. The lowest BCUT2D eigenvalue weighted by Gasteiger charge is -2.65. The Hall–Kier alpha value is -5.76. The fourth-order valence-corrected chi connectivity index (χ4v) is 10.6. The number of nitrogens with zero attached hydrogens (tertiary/aromatic N) is 5. The number of amides is 5. The lowest BCUT2D eigenvalue weighted by Crippen LogP contribution is -2.74. The molecule has 3 saturated heterocycles. The Morgan fingerprint density at radius 1 is 0.897 bits per heavy atom. The molecule has 1 N–H and O–H groups in total. The van der Waals surface area contributed by atoms with E-state index in [0.717, 1.165) is 36.8 Å². The zero-order valence-corrected chi connectivity index (χ0v) is 33.2. The molecule has 1 saturated carbocycles. The van der Waals surface area contributed by atoms with E-state index in [1.165, 1.54) is 6.07 Å². The fourth-order valence-electron chi connectivity index (χ4n) is 10.4. The topological polar surface area (TPSA) is 143 Å². The summed E-state index contributed by atoms with van der Waals surface area (Å²) in [4.78, 5) is 71.3. The predicted octanol–water partition coefficient (Wildman–Crippen LogP) is 4.76. The highest BCUT2D eigenvalue weighted by molar-refractivity contribution is 6.31. The average molecular weight is 803 g/mol. The van der Waals surface area contributed by atoms with E-state index in [9.17, 15) is 29.2 Å². The smallest absolute Gasteiger partial charge is 0.262 e. The Balaban J connectivity index is 0.798. The number of nitriles is 1. The first-order chi connectivity index (χ1) is 27.6. The quantitative estimate of drug-likeness (QED) is 0.276. The van der Waals surface area contributed by atoms with Crippen LogP contribution in [0.5, 0.6) is 5.75 Å². The Kier molecular flexibility index (Phi) is 8.73. The normalized spacial score (nSPS) is 24.9. The van der Waals surface area contributed by atoms with E-state index in [-0.39, 0.29) is 60.0 Å². The van der Waals surface area contributed by atoms with Gasteiger partial charge in [0.25, 0.3) is 17.7 Å². The van der Waals surface area contributed by atoms with Crippen molar-refractivity contribution in [3.05, 3.63) is 92.8 Å².